The number of fused-ring (bicyclic) bond motifs is 1. The lowest BCUT2D eigenvalue weighted by Crippen LogP contribution is -1.85. The number of rotatable bonds is 1. The van der Waals surface area contributed by atoms with Crippen LogP contribution in [0.5, 0.6) is 0 Å². The lowest BCUT2D eigenvalue weighted by atomic mass is 10.1. The van der Waals surface area contributed by atoms with Crippen molar-refractivity contribution in [2.75, 3.05) is 0 Å². The molecule has 0 aliphatic heterocycles. The Hall–Kier alpha value is 0.140. The molecule has 1 heterocycles. The summed E-state index contributed by atoms with van der Waals surface area (Å²) in [7, 11) is 0. The highest BCUT2D eigenvalue weighted by Crippen LogP contribution is 2.34. The van der Waals surface area contributed by atoms with Gasteiger partial charge in [-0.1, -0.05) is 15.9 Å². The maximum absolute atomic E-state index is 3.59. The van der Waals surface area contributed by atoms with E-state index in [1.165, 1.54) is 25.7 Å². The standard InChI is InChI=1S/C10H8Br2S/c1-6-4-9(12)10-7(2-3-13-10)8(6)5-11/h2-4H,5H2,1H3. The zero-order valence-corrected chi connectivity index (χ0v) is 11.1. The molecule has 0 aliphatic rings. The Morgan fingerprint density at radius 1 is 1.46 bits per heavy atom. The van der Waals surface area contributed by atoms with E-state index in [4.69, 9.17) is 0 Å². The summed E-state index contributed by atoms with van der Waals surface area (Å²) in [6.45, 7) is 2.15. The topological polar surface area (TPSA) is 0 Å². The van der Waals surface area contributed by atoms with Gasteiger partial charge in [-0.15, -0.1) is 11.3 Å². The SMILES string of the molecule is Cc1cc(Br)c2sccc2c1CBr. The van der Waals surface area contributed by atoms with Gasteiger partial charge in [0.15, 0.2) is 0 Å². The molecule has 0 saturated carbocycles. The van der Waals surface area contributed by atoms with Gasteiger partial charge >= 0.3 is 0 Å². The molecule has 0 saturated heterocycles. The maximum atomic E-state index is 3.59. The van der Waals surface area contributed by atoms with Crippen LogP contribution in [-0.2, 0) is 5.33 Å². The Bertz CT molecular complexity index is 445. The number of aryl methyl sites for hydroxylation is 1. The Balaban J connectivity index is 2.88. The van der Waals surface area contributed by atoms with E-state index >= 15 is 0 Å². The van der Waals surface area contributed by atoms with Gasteiger partial charge in [-0.25, -0.2) is 0 Å². The Morgan fingerprint density at radius 3 is 2.92 bits per heavy atom. The molecule has 1 aromatic heterocycles. The zero-order chi connectivity index (χ0) is 9.42. The van der Waals surface area contributed by atoms with Crippen molar-refractivity contribution in [2.24, 2.45) is 0 Å². The quantitative estimate of drug-likeness (QED) is 0.658. The van der Waals surface area contributed by atoms with Crippen molar-refractivity contribution in [3.8, 4) is 0 Å². The predicted octanol–water partition coefficient (Wildman–Crippen LogP) is 4.87. The number of benzene rings is 1. The molecule has 1 aromatic carbocycles. The smallest absolute Gasteiger partial charge is 0.0488 e. The van der Waals surface area contributed by atoms with E-state index in [9.17, 15) is 0 Å². The van der Waals surface area contributed by atoms with Crippen LogP contribution in [0.15, 0.2) is 22.0 Å². The molecule has 0 spiro atoms. The normalized spacial score (nSPS) is 11.0. The van der Waals surface area contributed by atoms with Crippen LogP contribution in [-0.4, -0.2) is 0 Å². The van der Waals surface area contributed by atoms with Gasteiger partial charge in [-0.3, -0.25) is 0 Å². The molecule has 2 rings (SSSR count). The fourth-order valence-electron chi connectivity index (χ4n) is 1.46. The highest BCUT2D eigenvalue weighted by Gasteiger charge is 2.07. The first-order chi connectivity index (χ1) is 6.24. The molecule has 2 aromatic rings. The second-order valence-corrected chi connectivity index (χ2v) is 5.28. The molecule has 68 valence electrons. The van der Waals surface area contributed by atoms with Gasteiger partial charge < -0.3 is 0 Å². The number of thiophene rings is 1. The summed E-state index contributed by atoms with van der Waals surface area (Å²) in [5, 5.41) is 4.44. The fourth-order valence-corrected chi connectivity index (χ4v) is 3.88. The molecule has 13 heavy (non-hydrogen) atoms. The number of hydrogen-bond donors (Lipinski definition) is 0. The molecule has 0 atom stereocenters. The van der Waals surface area contributed by atoms with Crippen LogP contribution in [0.4, 0.5) is 0 Å². The lowest BCUT2D eigenvalue weighted by molar-refractivity contribution is 1.36. The van der Waals surface area contributed by atoms with Gasteiger partial charge in [-0.05, 0) is 56.9 Å². The second-order valence-electron chi connectivity index (χ2n) is 2.95. The third-order valence-corrected chi connectivity index (χ3v) is 4.56. The summed E-state index contributed by atoms with van der Waals surface area (Å²) in [5.41, 5.74) is 2.74. The molecule has 0 N–H and O–H groups in total. The third-order valence-electron chi connectivity index (χ3n) is 2.16. The molecule has 0 fully saturated rings. The van der Waals surface area contributed by atoms with E-state index in [1.807, 2.05) is 0 Å². The summed E-state index contributed by atoms with van der Waals surface area (Å²) in [4.78, 5) is 0. The number of alkyl halides is 1. The number of hydrogen-bond acceptors (Lipinski definition) is 1. The Labute approximate surface area is 98.2 Å². The minimum Gasteiger partial charge on any atom is -0.143 e. The highest BCUT2D eigenvalue weighted by atomic mass is 79.9. The average molecular weight is 320 g/mol. The van der Waals surface area contributed by atoms with E-state index in [0.29, 0.717) is 0 Å². The van der Waals surface area contributed by atoms with E-state index in [1.54, 1.807) is 11.3 Å². The monoisotopic (exact) mass is 318 g/mol. The zero-order valence-electron chi connectivity index (χ0n) is 7.10. The second kappa shape index (κ2) is 3.71. The van der Waals surface area contributed by atoms with Crippen molar-refractivity contribution >= 4 is 53.3 Å². The lowest BCUT2D eigenvalue weighted by Gasteiger charge is -2.05. The average Bonchev–Trinajstić information content (AvgIpc) is 2.53. The van der Waals surface area contributed by atoms with Crippen LogP contribution in [0, 0.1) is 6.92 Å². The summed E-state index contributed by atoms with van der Waals surface area (Å²) < 4.78 is 2.56. The van der Waals surface area contributed by atoms with Crippen LogP contribution >= 0.6 is 43.2 Å². The third kappa shape index (κ3) is 1.58. The molecular formula is C10H8Br2S. The summed E-state index contributed by atoms with van der Waals surface area (Å²) >= 11 is 8.90. The molecule has 0 nitrogen and oxygen atoms in total. The van der Waals surface area contributed by atoms with Gasteiger partial charge in [0.1, 0.15) is 0 Å². The molecule has 0 bridgehead atoms. The van der Waals surface area contributed by atoms with E-state index in [2.05, 4.69) is 56.3 Å². The van der Waals surface area contributed by atoms with Gasteiger partial charge in [0, 0.05) is 14.5 Å². The molecular weight excluding hydrogens is 312 g/mol. The maximum Gasteiger partial charge on any atom is 0.0488 e. The van der Waals surface area contributed by atoms with Crippen LogP contribution in [0.3, 0.4) is 0 Å². The summed E-state index contributed by atoms with van der Waals surface area (Å²) in [6.07, 6.45) is 0. The van der Waals surface area contributed by atoms with Crippen molar-refractivity contribution in [2.45, 2.75) is 12.3 Å². The van der Waals surface area contributed by atoms with E-state index < -0.39 is 0 Å². The van der Waals surface area contributed by atoms with Crippen molar-refractivity contribution in [3.63, 3.8) is 0 Å². The van der Waals surface area contributed by atoms with Crippen LogP contribution in [0.25, 0.3) is 10.1 Å². The molecule has 0 radical (unpaired) electrons. The van der Waals surface area contributed by atoms with E-state index in [-0.39, 0.29) is 0 Å². The van der Waals surface area contributed by atoms with E-state index in [0.717, 1.165) is 5.33 Å². The predicted molar refractivity (Wildman–Crippen MR) is 66.9 cm³/mol. The van der Waals surface area contributed by atoms with Crippen LogP contribution in [0.1, 0.15) is 11.1 Å². The molecule has 3 heteroatoms. The van der Waals surface area contributed by atoms with Crippen molar-refractivity contribution in [1.82, 2.24) is 0 Å². The minimum atomic E-state index is 0.930. The first-order valence-electron chi connectivity index (χ1n) is 3.95. The first kappa shape index (κ1) is 9.69. The van der Waals surface area contributed by atoms with Crippen LogP contribution in [0.2, 0.25) is 0 Å². The van der Waals surface area contributed by atoms with Gasteiger partial charge in [0.2, 0.25) is 0 Å². The fraction of sp³-hybridized carbons (Fsp3) is 0.200. The van der Waals surface area contributed by atoms with Crippen LogP contribution < -0.4 is 0 Å². The largest absolute Gasteiger partial charge is 0.143 e. The molecule has 0 aliphatic carbocycles. The van der Waals surface area contributed by atoms with Crippen molar-refractivity contribution in [1.29, 1.82) is 0 Å². The summed E-state index contributed by atoms with van der Waals surface area (Å²) in [6, 6.07) is 4.38. The Kier molecular flexibility index (Phi) is 2.77. The first-order valence-corrected chi connectivity index (χ1v) is 6.74. The van der Waals surface area contributed by atoms with Gasteiger partial charge in [0.05, 0.1) is 0 Å². The summed E-state index contributed by atoms with van der Waals surface area (Å²) in [5.74, 6) is 0. The highest BCUT2D eigenvalue weighted by molar-refractivity contribution is 9.10. The van der Waals surface area contributed by atoms with Crippen molar-refractivity contribution < 1.29 is 0 Å². The van der Waals surface area contributed by atoms with Gasteiger partial charge in [0.25, 0.3) is 0 Å². The minimum absolute atomic E-state index is 0.930. The molecule has 0 amide bonds. The Morgan fingerprint density at radius 2 is 2.23 bits per heavy atom. The number of halogens is 2. The van der Waals surface area contributed by atoms with Crippen molar-refractivity contribution in [3.05, 3.63) is 33.1 Å². The molecule has 0 unspecified atom stereocenters. The van der Waals surface area contributed by atoms with Gasteiger partial charge in [-0.2, -0.15) is 0 Å².